The van der Waals surface area contributed by atoms with E-state index in [0.717, 1.165) is 11.3 Å². The molecule has 0 aliphatic carbocycles. The summed E-state index contributed by atoms with van der Waals surface area (Å²) in [7, 11) is 0. The molecule has 144 valence electrons. The van der Waals surface area contributed by atoms with Gasteiger partial charge in [-0.15, -0.1) is 0 Å². The van der Waals surface area contributed by atoms with E-state index < -0.39 is 0 Å². The van der Waals surface area contributed by atoms with Gasteiger partial charge in [0, 0.05) is 10.6 Å². The van der Waals surface area contributed by atoms with E-state index in [1.165, 1.54) is 6.07 Å². The zero-order valence-electron chi connectivity index (χ0n) is 15.0. The lowest BCUT2D eigenvalue weighted by molar-refractivity contribution is 0.224. The van der Waals surface area contributed by atoms with Crippen LogP contribution in [0.5, 0.6) is 0 Å². The van der Waals surface area contributed by atoms with Crippen LogP contribution in [-0.2, 0) is 13.1 Å². The first-order valence-electron chi connectivity index (χ1n) is 8.87. The summed E-state index contributed by atoms with van der Waals surface area (Å²) in [5.74, 6) is 1.07. The third-order valence-electron chi connectivity index (χ3n) is 4.51. The Bertz CT molecular complexity index is 1200. The monoisotopic (exact) mass is 408 g/mol. The van der Waals surface area contributed by atoms with Crippen molar-refractivity contribution in [3.63, 3.8) is 0 Å². The fraction of sp³-hybridized carbons (Fsp3) is 0.100. The Kier molecular flexibility index (Phi) is 4.33. The number of nitrogens with zero attached hydrogens (tertiary/aromatic N) is 5. The average molecular weight is 409 g/mol. The van der Waals surface area contributed by atoms with Crippen LogP contribution in [0.2, 0.25) is 5.02 Å². The SMILES string of the molecule is Fc1ccccc1-c1nc2c([nH]1)CN(Cc1nc(-c3ccc(Cl)cc3)no1)N=C2. The lowest BCUT2D eigenvalue weighted by atomic mass is 10.2. The molecule has 5 rings (SSSR count). The Balaban J connectivity index is 1.32. The van der Waals surface area contributed by atoms with Crippen LogP contribution in [0, 0.1) is 5.82 Å². The fourth-order valence-corrected chi connectivity index (χ4v) is 3.20. The van der Waals surface area contributed by atoms with Gasteiger partial charge in [-0.1, -0.05) is 28.9 Å². The highest BCUT2D eigenvalue weighted by atomic mass is 35.5. The van der Waals surface area contributed by atoms with Gasteiger partial charge in [0.1, 0.15) is 23.9 Å². The van der Waals surface area contributed by atoms with Gasteiger partial charge in [0.15, 0.2) is 0 Å². The number of nitrogens with one attached hydrogen (secondary N) is 1. The van der Waals surface area contributed by atoms with Gasteiger partial charge in [-0.25, -0.2) is 9.37 Å². The molecule has 0 saturated heterocycles. The molecule has 1 aliphatic rings. The van der Waals surface area contributed by atoms with Crippen LogP contribution < -0.4 is 0 Å². The lowest BCUT2D eigenvalue weighted by Crippen LogP contribution is -2.21. The van der Waals surface area contributed by atoms with Crippen LogP contribution >= 0.6 is 11.6 Å². The summed E-state index contributed by atoms with van der Waals surface area (Å²) in [6.07, 6.45) is 1.64. The van der Waals surface area contributed by atoms with Crippen LogP contribution in [0.4, 0.5) is 4.39 Å². The maximum absolute atomic E-state index is 14.0. The zero-order valence-corrected chi connectivity index (χ0v) is 15.8. The van der Waals surface area contributed by atoms with Crippen molar-refractivity contribution in [1.82, 2.24) is 25.1 Å². The first-order chi connectivity index (χ1) is 14.2. The number of rotatable bonds is 4. The fourth-order valence-electron chi connectivity index (χ4n) is 3.08. The first-order valence-corrected chi connectivity index (χ1v) is 9.25. The van der Waals surface area contributed by atoms with Crippen molar-refractivity contribution in [2.24, 2.45) is 5.10 Å². The number of benzene rings is 2. The molecule has 0 fully saturated rings. The normalized spacial score (nSPS) is 13.0. The predicted molar refractivity (Wildman–Crippen MR) is 106 cm³/mol. The molecule has 0 bridgehead atoms. The molecule has 0 atom stereocenters. The van der Waals surface area contributed by atoms with E-state index in [9.17, 15) is 4.39 Å². The van der Waals surface area contributed by atoms with E-state index in [-0.39, 0.29) is 5.82 Å². The molecule has 4 aromatic rings. The molecule has 0 radical (unpaired) electrons. The van der Waals surface area contributed by atoms with Gasteiger partial charge in [0.25, 0.3) is 0 Å². The van der Waals surface area contributed by atoms with Gasteiger partial charge in [0.2, 0.25) is 11.7 Å². The summed E-state index contributed by atoms with van der Waals surface area (Å²) in [5.41, 5.74) is 2.77. The lowest BCUT2D eigenvalue weighted by Gasteiger charge is -2.19. The van der Waals surface area contributed by atoms with Crippen molar-refractivity contribution >= 4 is 17.8 Å². The van der Waals surface area contributed by atoms with Crippen LogP contribution in [-0.4, -0.2) is 31.3 Å². The van der Waals surface area contributed by atoms with E-state index in [1.807, 2.05) is 12.1 Å². The summed E-state index contributed by atoms with van der Waals surface area (Å²) in [6.45, 7) is 0.802. The van der Waals surface area contributed by atoms with Crippen LogP contribution in [0.15, 0.2) is 58.2 Å². The van der Waals surface area contributed by atoms with Crippen molar-refractivity contribution in [2.75, 3.05) is 0 Å². The average Bonchev–Trinajstić information content (AvgIpc) is 3.35. The Hall–Kier alpha value is -3.52. The zero-order chi connectivity index (χ0) is 19.8. The van der Waals surface area contributed by atoms with Crippen molar-refractivity contribution in [3.05, 3.63) is 76.6 Å². The third kappa shape index (κ3) is 3.50. The van der Waals surface area contributed by atoms with Crippen LogP contribution in [0.1, 0.15) is 17.3 Å². The van der Waals surface area contributed by atoms with Gasteiger partial charge >= 0.3 is 0 Å². The number of hydrogen-bond donors (Lipinski definition) is 1. The molecule has 1 N–H and O–H groups in total. The molecular weight excluding hydrogens is 395 g/mol. The van der Waals surface area contributed by atoms with Crippen molar-refractivity contribution in [2.45, 2.75) is 13.1 Å². The highest BCUT2D eigenvalue weighted by Gasteiger charge is 2.20. The second-order valence-electron chi connectivity index (χ2n) is 6.51. The minimum Gasteiger partial charge on any atom is -0.340 e. The molecule has 0 unspecified atom stereocenters. The molecule has 0 amide bonds. The Morgan fingerprint density at radius 1 is 1.10 bits per heavy atom. The van der Waals surface area contributed by atoms with Gasteiger partial charge in [0.05, 0.1) is 24.0 Å². The van der Waals surface area contributed by atoms with Crippen molar-refractivity contribution in [3.8, 4) is 22.8 Å². The van der Waals surface area contributed by atoms with E-state index >= 15 is 0 Å². The van der Waals surface area contributed by atoms with E-state index in [1.54, 1.807) is 41.6 Å². The molecule has 7 nitrogen and oxygen atoms in total. The number of aromatic amines is 1. The summed E-state index contributed by atoms with van der Waals surface area (Å²) in [6, 6.07) is 13.7. The van der Waals surface area contributed by atoms with Crippen molar-refractivity contribution < 1.29 is 8.91 Å². The molecule has 29 heavy (non-hydrogen) atoms. The maximum Gasteiger partial charge on any atom is 0.248 e. The molecule has 3 heterocycles. The molecule has 0 spiro atoms. The van der Waals surface area contributed by atoms with E-state index in [0.29, 0.717) is 46.9 Å². The molecule has 2 aromatic carbocycles. The largest absolute Gasteiger partial charge is 0.340 e. The molecular formula is C20H14ClFN6O. The minimum atomic E-state index is -0.326. The Morgan fingerprint density at radius 3 is 2.76 bits per heavy atom. The highest BCUT2D eigenvalue weighted by Crippen LogP contribution is 2.24. The number of hydrogen-bond acceptors (Lipinski definition) is 6. The Labute approximate surface area is 169 Å². The summed E-state index contributed by atoms with van der Waals surface area (Å²) >= 11 is 5.91. The predicted octanol–water partition coefficient (Wildman–Crippen LogP) is 4.27. The Morgan fingerprint density at radius 2 is 1.93 bits per heavy atom. The maximum atomic E-state index is 14.0. The first kappa shape index (κ1) is 17.6. The number of imidazole rings is 1. The minimum absolute atomic E-state index is 0.326. The summed E-state index contributed by atoms with van der Waals surface area (Å²) in [5, 5.41) is 10.8. The number of halogens is 2. The number of fused-ring (bicyclic) bond motifs is 1. The highest BCUT2D eigenvalue weighted by molar-refractivity contribution is 6.30. The standard InChI is InChI=1S/C20H14ClFN6O/c21-13-7-5-12(6-8-13)19-26-18(29-27-19)11-28-10-17-16(9-23-28)24-20(25-17)14-3-1-2-4-15(14)22/h1-9H,10-11H2,(H,24,25). The topological polar surface area (TPSA) is 83.2 Å². The van der Waals surface area contributed by atoms with E-state index in [2.05, 4.69) is 25.2 Å². The summed E-state index contributed by atoms with van der Waals surface area (Å²) < 4.78 is 19.4. The van der Waals surface area contributed by atoms with Gasteiger partial charge in [-0.3, -0.25) is 5.01 Å². The van der Waals surface area contributed by atoms with Crippen LogP contribution in [0.25, 0.3) is 22.8 Å². The number of aromatic nitrogens is 4. The summed E-state index contributed by atoms with van der Waals surface area (Å²) in [4.78, 5) is 12.0. The van der Waals surface area contributed by atoms with Crippen LogP contribution in [0.3, 0.4) is 0 Å². The number of H-pyrrole nitrogens is 1. The third-order valence-corrected chi connectivity index (χ3v) is 4.76. The van der Waals surface area contributed by atoms with Gasteiger partial charge in [-0.2, -0.15) is 10.1 Å². The molecule has 9 heteroatoms. The second kappa shape index (κ2) is 7.14. The van der Waals surface area contributed by atoms with Gasteiger partial charge < -0.3 is 9.51 Å². The molecule has 1 aliphatic heterocycles. The second-order valence-corrected chi connectivity index (χ2v) is 6.95. The van der Waals surface area contributed by atoms with Crippen molar-refractivity contribution in [1.29, 1.82) is 0 Å². The molecule has 2 aromatic heterocycles. The van der Waals surface area contributed by atoms with E-state index in [4.69, 9.17) is 16.1 Å². The quantitative estimate of drug-likeness (QED) is 0.545. The molecule has 0 saturated carbocycles. The smallest absolute Gasteiger partial charge is 0.248 e. The number of hydrazone groups is 1. The van der Waals surface area contributed by atoms with Gasteiger partial charge in [-0.05, 0) is 36.4 Å².